The van der Waals surface area contributed by atoms with E-state index in [-0.39, 0.29) is 11.0 Å². The van der Waals surface area contributed by atoms with E-state index in [1.807, 2.05) is 24.3 Å². The van der Waals surface area contributed by atoms with Gasteiger partial charge in [-0.2, -0.15) is 0 Å². The van der Waals surface area contributed by atoms with Crippen molar-refractivity contribution in [2.45, 2.75) is 52.1 Å². The molecule has 1 N–H and O–H groups in total. The maximum atomic E-state index is 10.7. The van der Waals surface area contributed by atoms with Gasteiger partial charge < -0.3 is 5.11 Å². The van der Waals surface area contributed by atoms with Gasteiger partial charge in [0.2, 0.25) is 0 Å². The average Bonchev–Trinajstić information content (AvgIpc) is 2.49. The van der Waals surface area contributed by atoms with Gasteiger partial charge in [0.15, 0.2) is 0 Å². The molecule has 0 radical (unpaired) electrons. The van der Waals surface area contributed by atoms with Gasteiger partial charge in [0.25, 0.3) is 0 Å². The molecule has 23 heavy (non-hydrogen) atoms. The molecule has 124 valence electrons. The molecule has 0 aromatic heterocycles. The zero-order valence-electron chi connectivity index (χ0n) is 15.2. The van der Waals surface area contributed by atoms with Crippen LogP contribution in [0.5, 0.6) is 5.75 Å². The summed E-state index contributed by atoms with van der Waals surface area (Å²) in [7, 11) is 2.11. The fourth-order valence-corrected chi connectivity index (χ4v) is 2.84. The van der Waals surface area contributed by atoms with Crippen molar-refractivity contribution >= 4 is 0 Å². The smallest absolute Gasteiger partial charge is 0.123 e. The van der Waals surface area contributed by atoms with Crippen LogP contribution in [0.2, 0.25) is 0 Å². The third-order valence-electron chi connectivity index (χ3n) is 4.77. The van der Waals surface area contributed by atoms with E-state index in [1.54, 1.807) is 0 Å². The minimum Gasteiger partial charge on any atom is -0.507 e. The van der Waals surface area contributed by atoms with Crippen molar-refractivity contribution in [2.24, 2.45) is 0 Å². The van der Waals surface area contributed by atoms with Crippen LogP contribution < -0.4 is 0 Å². The van der Waals surface area contributed by atoms with Crippen LogP contribution in [0.4, 0.5) is 0 Å². The number of nitrogens with zero attached hydrogens (tertiary/aromatic N) is 1. The van der Waals surface area contributed by atoms with Gasteiger partial charge in [-0.25, -0.2) is 0 Å². The summed E-state index contributed by atoms with van der Waals surface area (Å²) in [4.78, 5) is 2.28. The third kappa shape index (κ3) is 3.76. The SMILES string of the molecule is CN(Cc1cccc(C(C)(C)C)c1O)C(C)(C)c1ccccc1. The van der Waals surface area contributed by atoms with E-state index < -0.39 is 0 Å². The highest BCUT2D eigenvalue weighted by molar-refractivity contribution is 5.44. The van der Waals surface area contributed by atoms with Crippen molar-refractivity contribution in [2.75, 3.05) is 7.05 Å². The van der Waals surface area contributed by atoms with Crippen molar-refractivity contribution in [1.82, 2.24) is 4.90 Å². The summed E-state index contributed by atoms with van der Waals surface area (Å²) in [5.74, 6) is 0.427. The summed E-state index contributed by atoms with van der Waals surface area (Å²) < 4.78 is 0. The number of para-hydroxylation sites is 1. The molecule has 2 nitrogen and oxygen atoms in total. The first-order chi connectivity index (χ1) is 10.6. The lowest BCUT2D eigenvalue weighted by Crippen LogP contribution is -2.38. The fraction of sp³-hybridized carbons (Fsp3) is 0.429. The molecular formula is C21H29NO. The molecule has 2 rings (SSSR count). The quantitative estimate of drug-likeness (QED) is 0.853. The Kier molecular flexibility index (Phi) is 4.86. The number of phenolic OH excluding ortho intramolecular Hbond substituents is 1. The molecule has 0 saturated heterocycles. The lowest BCUT2D eigenvalue weighted by atomic mass is 9.85. The second-order valence-corrected chi connectivity index (χ2v) is 7.84. The fourth-order valence-electron chi connectivity index (χ4n) is 2.84. The molecule has 0 aliphatic carbocycles. The van der Waals surface area contributed by atoms with Crippen LogP contribution in [-0.4, -0.2) is 17.1 Å². The molecule has 2 heteroatoms. The van der Waals surface area contributed by atoms with E-state index in [4.69, 9.17) is 0 Å². The zero-order chi connectivity index (χ0) is 17.3. The third-order valence-corrected chi connectivity index (χ3v) is 4.77. The zero-order valence-corrected chi connectivity index (χ0v) is 15.2. The van der Waals surface area contributed by atoms with Crippen molar-refractivity contribution < 1.29 is 5.11 Å². The van der Waals surface area contributed by atoms with Gasteiger partial charge in [0, 0.05) is 17.6 Å². The lowest BCUT2D eigenvalue weighted by molar-refractivity contribution is 0.146. The average molecular weight is 311 g/mol. The van der Waals surface area contributed by atoms with Gasteiger partial charge in [-0.1, -0.05) is 69.3 Å². The molecule has 0 aliphatic rings. The predicted molar refractivity (Wildman–Crippen MR) is 97.7 cm³/mol. The first-order valence-corrected chi connectivity index (χ1v) is 8.22. The highest BCUT2D eigenvalue weighted by atomic mass is 16.3. The second kappa shape index (κ2) is 6.37. The Morgan fingerprint density at radius 1 is 0.870 bits per heavy atom. The highest BCUT2D eigenvalue weighted by Gasteiger charge is 2.27. The Hall–Kier alpha value is -1.80. The minimum absolute atomic E-state index is 0.0619. The van der Waals surface area contributed by atoms with Gasteiger partial charge in [-0.15, -0.1) is 0 Å². The van der Waals surface area contributed by atoms with Crippen molar-refractivity contribution in [3.05, 3.63) is 65.2 Å². The Labute approximate surface area is 140 Å². The van der Waals surface area contributed by atoms with E-state index in [2.05, 4.69) is 70.8 Å². The van der Waals surface area contributed by atoms with Gasteiger partial charge in [-0.05, 0) is 37.4 Å². The van der Waals surface area contributed by atoms with Crippen LogP contribution in [0.3, 0.4) is 0 Å². The molecule has 0 aliphatic heterocycles. The molecule has 0 amide bonds. The molecule has 2 aromatic rings. The topological polar surface area (TPSA) is 23.5 Å². The Morgan fingerprint density at radius 3 is 2.04 bits per heavy atom. The van der Waals surface area contributed by atoms with Gasteiger partial charge >= 0.3 is 0 Å². The van der Waals surface area contributed by atoms with Crippen molar-refractivity contribution in [3.63, 3.8) is 0 Å². The molecule has 0 bridgehead atoms. The largest absolute Gasteiger partial charge is 0.507 e. The highest BCUT2D eigenvalue weighted by Crippen LogP contribution is 2.35. The molecule has 0 spiro atoms. The molecule has 0 unspecified atom stereocenters. The van der Waals surface area contributed by atoms with Crippen LogP contribution in [0.15, 0.2) is 48.5 Å². The van der Waals surface area contributed by atoms with E-state index in [9.17, 15) is 5.11 Å². The summed E-state index contributed by atoms with van der Waals surface area (Å²) in [6.45, 7) is 11.5. The second-order valence-electron chi connectivity index (χ2n) is 7.84. The van der Waals surface area contributed by atoms with Crippen molar-refractivity contribution in [1.29, 1.82) is 0 Å². The number of benzene rings is 2. The van der Waals surface area contributed by atoms with Gasteiger partial charge in [0.1, 0.15) is 5.75 Å². The summed E-state index contributed by atoms with van der Waals surface area (Å²) in [5, 5.41) is 10.7. The van der Waals surface area contributed by atoms with E-state index in [0.717, 1.165) is 11.1 Å². The standard InChI is InChI=1S/C21H29NO/c1-20(2,3)18-14-10-11-16(19(18)23)15-22(6)21(4,5)17-12-8-7-9-13-17/h7-14,23H,15H2,1-6H3. The number of phenols is 1. The number of aromatic hydroxyl groups is 1. The van der Waals surface area contributed by atoms with E-state index in [1.165, 1.54) is 5.56 Å². The lowest BCUT2D eigenvalue weighted by Gasteiger charge is -2.36. The summed E-state index contributed by atoms with van der Waals surface area (Å²) in [5.41, 5.74) is 3.08. The van der Waals surface area contributed by atoms with Crippen LogP contribution in [0.25, 0.3) is 0 Å². The normalized spacial score (nSPS) is 12.7. The molecule has 0 heterocycles. The molecule has 0 saturated carbocycles. The minimum atomic E-state index is -0.106. The number of hydrogen-bond donors (Lipinski definition) is 1. The molecule has 0 atom stereocenters. The summed E-state index contributed by atoms with van der Waals surface area (Å²) in [6, 6.07) is 16.6. The van der Waals surface area contributed by atoms with E-state index >= 15 is 0 Å². The molecule has 2 aromatic carbocycles. The van der Waals surface area contributed by atoms with Crippen LogP contribution >= 0.6 is 0 Å². The Bertz CT molecular complexity index is 653. The number of hydrogen-bond acceptors (Lipinski definition) is 2. The maximum absolute atomic E-state index is 10.7. The monoisotopic (exact) mass is 311 g/mol. The van der Waals surface area contributed by atoms with Crippen LogP contribution in [-0.2, 0) is 17.5 Å². The van der Waals surface area contributed by atoms with Gasteiger partial charge in [-0.3, -0.25) is 4.90 Å². The molecule has 0 fully saturated rings. The summed E-state index contributed by atoms with van der Waals surface area (Å²) in [6.07, 6.45) is 0. The summed E-state index contributed by atoms with van der Waals surface area (Å²) >= 11 is 0. The van der Waals surface area contributed by atoms with Crippen molar-refractivity contribution in [3.8, 4) is 5.75 Å². The first-order valence-electron chi connectivity index (χ1n) is 8.22. The maximum Gasteiger partial charge on any atom is 0.123 e. The van der Waals surface area contributed by atoms with Crippen LogP contribution in [0, 0.1) is 0 Å². The number of rotatable bonds is 4. The Morgan fingerprint density at radius 2 is 1.48 bits per heavy atom. The molecular weight excluding hydrogens is 282 g/mol. The Balaban J connectivity index is 2.29. The first kappa shape index (κ1) is 17.6. The van der Waals surface area contributed by atoms with E-state index in [0.29, 0.717) is 12.3 Å². The van der Waals surface area contributed by atoms with Gasteiger partial charge in [0.05, 0.1) is 0 Å². The predicted octanol–water partition coefficient (Wildman–Crippen LogP) is 5.06. The van der Waals surface area contributed by atoms with Crippen LogP contribution in [0.1, 0.15) is 51.3 Å².